The quantitative estimate of drug-likeness (QED) is 0.326. The van der Waals surface area contributed by atoms with Crippen LogP contribution in [-0.2, 0) is 4.74 Å². The number of aliphatic imine (C=N–C) groups is 1. The lowest BCUT2D eigenvalue weighted by molar-refractivity contribution is 0.0957. The zero-order valence-electron chi connectivity index (χ0n) is 14.1. The predicted octanol–water partition coefficient (Wildman–Crippen LogP) is 1.85. The van der Waals surface area contributed by atoms with Gasteiger partial charge in [-0.25, -0.2) is 0 Å². The van der Waals surface area contributed by atoms with Gasteiger partial charge in [-0.2, -0.15) is 0 Å². The van der Waals surface area contributed by atoms with Gasteiger partial charge in [0.1, 0.15) is 0 Å². The molecule has 0 radical (unpaired) electrons. The maximum Gasteiger partial charge on any atom is 0.261 e. The lowest BCUT2D eigenvalue weighted by Crippen LogP contribution is -2.39. The molecule has 1 rings (SSSR count). The second kappa shape index (κ2) is 12.9. The first-order chi connectivity index (χ1) is 11.3. The van der Waals surface area contributed by atoms with Gasteiger partial charge in [0.2, 0.25) is 0 Å². The summed E-state index contributed by atoms with van der Waals surface area (Å²) in [5, 5.41) is 11.3. The van der Waals surface area contributed by atoms with Gasteiger partial charge < -0.3 is 20.7 Å². The number of carbonyl (C=O) groups is 1. The third kappa shape index (κ3) is 9.20. The van der Waals surface area contributed by atoms with Crippen LogP contribution in [0.5, 0.6) is 0 Å². The number of amides is 1. The van der Waals surface area contributed by atoms with Crippen LogP contribution in [0.1, 0.15) is 35.9 Å². The average molecular weight is 340 g/mol. The van der Waals surface area contributed by atoms with E-state index in [0.717, 1.165) is 56.4 Å². The SMILES string of the molecule is CCOCCCCNC(=NC)NCCCNC(=O)c1cccs1. The van der Waals surface area contributed by atoms with Gasteiger partial charge >= 0.3 is 0 Å². The number of nitrogens with one attached hydrogen (secondary N) is 3. The lowest BCUT2D eigenvalue weighted by atomic mass is 10.3. The smallest absolute Gasteiger partial charge is 0.261 e. The maximum absolute atomic E-state index is 11.7. The second-order valence-corrected chi connectivity index (χ2v) is 5.86. The third-order valence-electron chi connectivity index (χ3n) is 3.11. The first-order valence-electron chi connectivity index (χ1n) is 8.12. The molecule has 0 aliphatic carbocycles. The van der Waals surface area contributed by atoms with E-state index in [0.29, 0.717) is 6.54 Å². The molecule has 0 fully saturated rings. The van der Waals surface area contributed by atoms with Gasteiger partial charge in [-0.15, -0.1) is 11.3 Å². The van der Waals surface area contributed by atoms with Crippen molar-refractivity contribution in [2.24, 2.45) is 4.99 Å². The van der Waals surface area contributed by atoms with E-state index in [1.807, 2.05) is 24.4 Å². The van der Waals surface area contributed by atoms with Gasteiger partial charge in [-0.1, -0.05) is 6.07 Å². The normalized spacial score (nSPS) is 11.3. The molecular formula is C16H28N4O2S. The van der Waals surface area contributed by atoms with Crippen molar-refractivity contribution in [1.82, 2.24) is 16.0 Å². The molecule has 1 heterocycles. The summed E-state index contributed by atoms with van der Waals surface area (Å²) in [6.07, 6.45) is 2.95. The monoisotopic (exact) mass is 340 g/mol. The molecule has 1 aromatic rings. The van der Waals surface area contributed by atoms with Gasteiger partial charge in [-0.3, -0.25) is 9.79 Å². The summed E-state index contributed by atoms with van der Waals surface area (Å²) in [6, 6.07) is 3.71. The average Bonchev–Trinajstić information content (AvgIpc) is 3.10. The Labute approximate surface area is 142 Å². The topological polar surface area (TPSA) is 74.8 Å². The van der Waals surface area contributed by atoms with Gasteiger partial charge in [0.15, 0.2) is 5.96 Å². The zero-order valence-corrected chi connectivity index (χ0v) is 14.9. The molecule has 130 valence electrons. The van der Waals surface area contributed by atoms with Gasteiger partial charge in [0.05, 0.1) is 4.88 Å². The minimum Gasteiger partial charge on any atom is -0.382 e. The summed E-state index contributed by atoms with van der Waals surface area (Å²) in [5.41, 5.74) is 0. The van der Waals surface area contributed by atoms with Crippen molar-refractivity contribution < 1.29 is 9.53 Å². The van der Waals surface area contributed by atoms with Gasteiger partial charge in [0, 0.05) is 39.9 Å². The van der Waals surface area contributed by atoms with Crippen LogP contribution < -0.4 is 16.0 Å². The number of carbonyl (C=O) groups excluding carboxylic acids is 1. The van der Waals surface area contributed by atoms with Crippen molar-refractivity contribution in [2.45, 2.75) is 26.2 Å². The molecule has 0 unspecified atom stereocenters. The predicted molar refractivity (Wildman–Crippen MR) is 96.4 cm³/mol. The molecule has 0 aromatic carbocycles. The molecule has 0 aliphatic heterocycles. The molecule has 1 aromatic heterocycles. The molecule has 0 spiro atoms. The van der Waals surface area contributed by atoms with Crippen molar-refractivity contribution in [3.8, 4) is 0 Å². The molecule has 0 saturated heterocycles. The highest BCUT2D eigenvalue weighted by molar-refractivity contribution is 7.12. The molecular weight excluding hydrogens is 312 g/mol. The number of hydrogen-bond donors (Lipinski definition) is 3. The van der Waals surface area contributed by atoms with Crippen molar-refractivity contribution in [2.75, 3.05) is 39.9 Å². The number of ether oxygens (including phenoxy) is 1. The Kier molecular flexibility index (Phi) is 10.9. The molecule has 0 atom stereocenters. The summed E-state index contributed by atoms with van der Waals surface area (Å²) in [7, 11) is 1.76. The molecule has 0 saturated carbocycles. The lowest BCUT2D eigenvalue weighted by Gasteiger charge is -2.12. The number of nitrogens with zero attached hydrogens (tertiary/aromatic N) is 1. The summed E-state index contributed by atoms with van der Waals surface area (Å²) in [4.78, 5) is 16.7. The second-order valence-electron chi connectivity index (χ2n) is 4.92. The minimum absolute atomic E-state index is 0.00296. The Morgan fingerprint density at radius 2 is 1.91 bits per heavy atom. The highest BCUT2D eigenvalue weighted by atomic mass is 32.1. The third-order valence-corrected chi connectivity index (χ3v) is 3.98. The van der Waals surface area contributed by atoms with Crippen LogP contribution in [-0.4, -0.2) is 51.8 Å². The van der Waals surface area contributed by atoms with E-state index in [4.69, 9.17) is 4.74 Å². The molecule has 1 amide bonds. The van der Waals surface area contributed by atoms with Crippen LogP contribution in [0, 0.1) is 0 Å². The van der Waals surface area contributed by atoms with Crippen molar-refractivity contribution in [3.63, 3.8) is 0 Å². The van der Waals surface area contributed by atoms with E-state index in [-0.39, 0.29) is 5.91 Å². The summed E-state index contributed by atoms with van der Waals surface area (Å²) in [5.74, 6) is 0.794. The fourth-order valence-corrected chi connectivity index (χ4v) is 2.53. The van der Waals surface area contributed by atoms with Gasteiger partial charge in [0.25, 0.3) is 5.91 Å². The summed E-state index contributed by atoms with van der Waals surface area (Å²) >= 11 is 1.45. The van der Waals surface area contributed by atoms with Crippen LogP contribution in [0.3, 0.4) is 0 Å². The number of unbranched alkanes of at least 4 members (excludes halogenated alkanes) is 1. The van der Waals surface area contributed by atoms with E-state index < -0.39 is 0 Å². The van der Waals surface area contributed by atoms with Crippen molar-refractivity contribution in [3.05, 3.63) is 22.4 Å². The Morgan fingerprint density at radius 3 is 2.57 bits per heavy atom. The minimum atomic E-state index is -0.00296. The van der Waals surface area contributed by atoms with Crippen molar-refractivity contribution >= 4 is 23.2 Å². The highest BCUT2D eigenvalue weighted by Gasteiger charge is 2.04. The molecule has 0 bridgehead atoms. The van der Waals surface area contributed by atoms with E-state index in [1.165, 1.54) is 11.3 Å². The Bertz CT molecular complexity index is 449. The first kappa shape index (κ1) is 19.4. The molecule has 23 heavy (non-hydrogen) atoms. The highest BCUT2D eigenvalue weighted by Crippen LogP contribution is 2.07. The first-order valence-corrected chi connectivity index (χ1v) is 8.99. The van der Waals surface area contributed by atoms with E-state index >= 15 is 0 Å². The summed E-state index contributed by atoms with van der Waals surface area (Å²) < 4.78 is 5.30. The maximum atomic E-state index is 11.7. The van der Waals surface area contributed by atoms with Gasteiger partial charge in [-0.05, 0) is 37.6 Å². The number of guanidine groups is 1. The molecule has 7 heteroatoms. The Morgan fingerprint density at radius 1 is 1.17 bits per heavy atom. The number of hydrogen-bond acceptors (Lipinski definition) is 4. The van der Waals surface area contributed by atoms with Crippen LogP contribution in [0.2, 0.25) is 0 Å². The Hall–Kier alpha value is -1.60. The number of thiophene rings is 1. The Balaban J connectivity index is 2.01. The largest absolute Gasteiger partial charge is 0.382 e. The molecule has 3 N–H and O–H groups in total. The molecule has 0 aliphatic rings. The summed E-state index contributed by atoms with van der Waals surface area (Å²) in [6.45, 7) is 5.89. The van der Waals surface area contributed by atoms with Crippen LogP contribution in [0.25, 0.3) is 0 Å². The number of rotatable bonds is 11. The van der Waals surface area contributed by atoms with E-state index in [9.17, 15) is 4.79 Å². The fourth-order valence-electron chi connectivity index (χ4n) is 1.89. The molecule has 6 nitrogen and oxygen atoms in total. The van der Waals surface area contributed by atoms with Crippen LogP contribution in [0.4, 0.5) is 0 Å². The van der Waals surface area contributed by atoms with Crippen molar-refractivity contribution in [1.29, 1.82) is 0 Å². The van der Waals surface area contributed by atoms with E-state index in [2.05, 4.69) is 20.9 Å². The van der Waals surface area contributed by atoms with Crippen LogP contribution >= 0.6 is 11.3 Å². The standard InChI is InChI=1S/C16H28N4O2S/c1-3-22-12-5-4-9-19-16(17-2)20-11-7-10-18-15(21)14-8-6-13-23-14/h6,8,13H,3-5,7,9-12H2,1-2H3,(H,18,21)(H2,17,19,20). The van der Waals surface area contributed by atoms with Crippen LogP contribution in [0.15, 0.2) is 22.5 Å². The van der Waals surface area contributed by atoms with E-state index in [1.54, 1.807) is 7.05 Å². The zero-order chi connectivity index (χ0) is 16.8. The fraction of sp³-hybridized carbons (Fsp3) is 0.625.